The van der Waals surface area contributed by atoms with Crippen molar-refractivity contribution in [2.75, 3.05) is 18.0 Å². The number of nitrogen functional groups attached to an aromatic ring is 1. The van der Waals surface area contributed by atoms with E-state index in [-0.39, 0.29) is 11.7 Å². The summed E-state index contributed by atoms with van der Waals surface area (Å²) in [4.78, 5) is 23.7. The number of carbonyl (C=O) groups is 2. The molecule has 1 aromatic rings. The van der Waals surface area contributed by atoms with Gasteiger partial charge in [-0.25, -0.2) is 4.79 Å². The second kappa shape index (κ2) is 8.01. The summed E-state index contributed by atoms with van der Waals surface area (Å²) in [5.74, 6) is 0.0479. The van der Waals surface area contributed by atoms with Crippen LogP contribution in [0.5, 0.6) is 0 Å². The Balaban J connectivity index is 2.39. The summed E-state index contributed by atoms with van der Waals surface area (Å²) in [6.45, 7) is 4.47. The summed E-state index contributed by atoms with van der Waals surface area (Å²) >= 11 is 7.09. The molecule has 0 aliphatic heterocycles. The van der Waals surface area contributed by atoms with Crippen molar-refractivity contribution in [3.05, 3.63) is 23.2 Å². The van der Waals surface area contributed by atoms with Crippen molar-refractivity contribution < 1.29 is 9.59 Å². The molecule has 0 aliphatic carbocycles. The number of anilines is 1. The Hall–Kier alpha value is -1.40. The molecular weight excluding hydrogens is 298 g/mol. The Labute approximate surface area is 127 Å². The van der Waals surface area contributed by atoms with E-state index in [1.165, 1.54) is 11.8 Å². The molecule has 1 aromatic carbocycles. The van der Waals surface area contributed by atoms with E-state index in [0.29, 0.717) is 23.2 Å². The van der Waals surface area contributed by atoms with Gasteiger partial charge in [-0.1, -0.05) is 25.4 Å². The number of urea groups is 1. The molecule has 0 fully saturated rings. The molecule has 0 saturated heterocycles. The molecule has 0 spiro atoms. The van der Waals surface area contributed by atoms with E-state index in [1.807, 2.05) is 13.8 Å². The molecule has 0 radical (unpaired) electrons. The van der Waals surface area contributed by atoms with E-state index >= 15 is 0 Å². The third-order valence-electron chi connectivity index (χ3n) is 2.26. The number of carbonyl (C=O) groups excluding carboxylic acids is 2. The van der Waals surface area contributed by atoms with Gasteiger partial charge in [0.05, 0.1) is 5.75 Å². The SMILES string of the molecule is CC(C)CNC(=O)NC(=O)CSc1cc(Cl)ccc1N. The number of nitrogens with two attached hydrogens (primary N) is 1. The zero-order valence-electron chi connectivity index (χ0n) is 11.4. The predicted molar refractivity (Wildman–Crippen MR) is 83.0 cm³/mol. The molecule has 0 unspecified atom stereocenters. The molecule has 5 nitrogen and oxygen atoms in total. The minimum atomic E-state index is -0.483. The highest BCUT2D eigenvalue weighted by Crippen LogP contribution is 2.27. The van der Waals surface area contributed by atoms with Gasteiger partial charge in [0.25, 0.3) is 0 Å². The molecule has 0 atom stereocenters. The molecule has 4 N–H and O–H groups in total. The van der Waals surface area contributed by atoms with Crippen LogP contribution in [0.4, 0.5) is 10.5 Å². The second-order valence-corrected chi connectivity index (χ2v) is 6.08. The average molecular weight is 316 g/mol. The lowest BCUT2D eigenvalue weighted by molar-refractivity contribution is -0.117. The van der Waals surface area contributed by atoms with Crippen LogP contribution in [0.3, 0.4) is 0 Å². The number of hydrogen-bond acceptors (Lipinski definition) is 4. The van der Waals surface area contributed by atoms with Gasteiger partial charge in [-0.15, -0.1) is 11.8 Å². The van der Waals surface area contributed by atoms with Crippen molar-refractivity contribution in [1.29, 1.82) is 0 Å². The summed E-state index contributed by atoms with van der Waals surface area (Å²) < 4.78 is 0. The highest BCUT2D eigenvalue weighted by molar-refractivity contribution is 8.00. The molecule has 1 rings (SSSR count). The number of imide groups is 1. The first-order valence-electron chi connectivity index (χ1n) is 6.14. The molecule has 0 heterocycles. The fourth-order valence-corrected chi connectivity index (χ4v) is 2.32. The van der Waals surface area contributed by atoms with Crippen LogP contribution in [-0.2, 0) is 4.79 Å². The second-order valence-electron chi connectivity index (χ2n) is 4.62. The number of hydrogen-bond donors (Lipinski definition) is 3. The first kappa shape index (κ1) is 16.7. The van der Waals surface area contributed by atoms with Gasteiger partial charge in [0.15, 0.2) is 0 Å². The summed E-state index contributed by atoms with van der Waals surface area (Å²) in [5, 5.41) is 5.41. The van der Waals surface area contributed by atoms with Crippen molar-refractivity contribution in [2.45, 2.75) is 18.7 Å². The fourth-order valence-electron chi connectivity index (χ4n) is 1.28. The topological polar surface area (TPSA) is 84.2 Å². The summed E-state index contributed by atoms with van der Waals surface area (Å²) in [7, 11) is 0. The third kappa shape index (κ3) is 6.16. The largest absolute Gasteiger partial charge is 0.398 e. The molecule has 0 aliphatic rings. The van der Waals surface area contributed by atoms with E-state index < -0.39 is 6.03 Å². The molecule has 3 amide bonds. The lowest BCUT2D eigenvalue weighted by atomic mass is 10.2. The highest BCUT2D eigenvalue weighted by Gasteiger charge is 2.09. The Bertz CT molecular complexity index is 495. The predicted octanol–water partition coefficient (Wildman–Crippen LogP) is 2.50. The van der Waals surface area contributed by atoms with Crippen LogP contribution in [0, 0.1) is 5.92 Å². The zero-order valence-corrected chi connectivity index (χ0v) is 13.0. The van der Waals surface area contributed by atoms with Gasteiger partial charge in [-0.2, -0.15) is 0 Å². The van der Waals surface area contributed by atoms with E-state index in [1.54, 1.807) is 18.2 Å². The summed E-state index contributed by atoms with van der Waals surface area (Å²) in [5.41, 5.74) is 6.32. The lowest BCUT2D eigenvalue weighted by Crippen LogP contribution is -2.41. The van der Waals surface area contributed by atoms with Crippen LogP contribution in [0.1, 0.15) is 13.8 Å². The van der Waals surface area contributed by atoms with Crippen LogP contribution in [0.2, 0.25) is 5.02 Å². The van der Waals surface area contributed by atoms with Crippen molar-refractivity contribution in [3.8, 4) is 0 Å². The number of rotatable bonds is 5. The summed E-state index contributed by atoms with van der Waals surface area (Å²) in [6, 6.07) is 4.56. The van der Waals surface area contributed by atoms with Gasteiger partial charge in [0.2, 0.25) is 5.91 Å². The van der Waals surface area contributed by atoms with Crippen LogP contribution in [0.15, 0.2) is 23.1 Å². The van der Waals surface area contributed by atoms with Gasteiger partial charge < -0.3 is 11.1 Å². The Morgan fingerprint density at radius 3 is 2.75 bits per heavy atom. The number of benzene rings is 1. The minimum absolute atomic E-state index is 0.0969. The number of halogens is 1. The van der Waals surface area contributed by atoms with Crippen molar-refractivity contribution >= 4 is 41.0 Å². The first-order valence-corrected chi connectivity index (χ1v) is 7.50. The van der Waals surface area contributed by atoms with Crippen LogP contribution in [0.25, 0.3) is 0 Å². The first-order chi connectivity index (χ1) is 9.38. The van der Waals surface area contributed by atoms with Crippen molar-refractivity contribution in [1.82, 2.24) is 10.6 Å². The molecular formula is C13H18ClN3O2S. The standard InChI is InChI=1S/C13H18ClN3O2S/c1-8(2)6-16-13(19)17-12(18)7-20-11-5-9(14)3-4-10(11)15/h3-5,8H,6-7,15H2,1-2H3,(H2,16,17,18,19). The highest BCUT2D eigenvalue weighted by atomic mass is 35.5. The van der Waals surface area contributed by atoms with Gasteiger partial charge in [0.1, 0.15) is 0 Å². The molecule has 110 valence electrons. The van der Waals surface area contributed by atoms with E-state index in [9.17, 15) is 9.59 Å². The Morgan fingerprint density at radius 1 is 1.40 bits per heavy atom. The fraction of sp³-hybridized carbons (Fsp3) is 0.385. The molecule has 0 bridgehead atoms. The molecule has 0 aromatic heterocycles. The minimum Gasteiger partial charge on any atom is -0.398 e. The van der Waals surface area contributed by atoms with E-state index in [4.69, 9.17) is 17.3 Å². The van der Waals surface area contributed by atoms with Gasteiger partial charge in [0, 0.05) is 22.2 Å². The summed E-state index contributed by atoms with van der Waals surface area (Å²) in [6.07, 6.45) is 0. The van der Waals surface area contributed by atoms with Crippen molar-refractivity contribution in [3.63, 3.8) is 0 Å². The average Bonchev–Trinajstić information content (AvgIpc) is 2.37. The molecule has 20 heavy (non-hydrogen) atoms. The Kier molecular flexibility index (Phi) is 6.67. The Morgan fingerprint density at radius 2 is 2.10 bits per heavy atom. The maximum Gasteiger partial charge on any atom is 0.321 e. The monoisotopic (exact) mass is 315 g/mol. The lowest BCUT2D eigenvalue weighted by Gasteiger charge is -2.09. The van der Waals surface area contributed by atoms with Gasteiger partial charge >= 0.3 is 6.03 Å². The van der Waals surface area contributed by atoms with Crippen LogP contribution in [-0.4, -0.2) is 24.2 Å². The number of thioether (sulfide) groups is 1. The van der Waals surface area contributed by atoms with Crippen LogP contribution < -0.4 is 16.4 Å². The van der Waals surface area contributed by atoms with E-state index in [2.05, 4.69) is 10.6 Å². The number of amides is 3. The van der Waals surface area contributed by atoms with Gasteiger partial charge in [-0.3, -0.25) is 10.1 Å². The van der Waals surface area contributed by atoms with Gasteiger partial charge in [-0.05, 0) is 24.1 Å². The molecule has 7 heteroatoms. The number of nitrogens with one attached hydrogen (secondary N) is 2. The molecule has 0 saturated carbocycles. The maximum absolute atomic E-state index is 11.6. The third-order valence-corrected chi connectivity index (χ3v) is 3.56. The van der Waals surface area contributed by atoms with E-state index in [0.717, 1.165) is 4.90 Å². The smallest absolute Gasteiger partial charge is 0.321 e. The zero-order chi connectivity index (χ0) is 15.1. The maximum atomic E-state index is 11.6. The van der Waals surface area contributed by atoms with Crippen molar-refractivity contribution in [2.24, 2.45) is 5.92 Å². The normalized spacial score (nSPS) is 10.4. The quantitative estimate of drug-likeness (QED) is 0.576. The van der Waals surface area contributed by atoms with Crippen LogP contribution >= 0.6 is 23.4 Å².